The summed E-state index contributed by atoms with van der Waals surface area (Å²) in [7, 11) is 3.77. The number of rotatable bonds is 4. The van der Waals surface area contributed by atoms with Gasteiger partial charge < -0.3 is 9.13 Å². The maximum atomic E-state index is 12.3. The number of nitrogens with one attached hydrogen (secondary N) is 2. The van der Waals surface area contributed by atoms with Gasteiger partial charge in [-0.15, -0.1) is 0 Å². The van der Waals surface area contributed by atoms with Crippen LogP contribution in [-0.4, -0.2) is 43.9 Å². The van der Waals surface area contributed by atoms with Crippen molar-refractivity contribution in [1.82, 2.24) is 29.9 Å². The number of aryl methyl sites for hydroxylation is 2. The zero-order valence-corrected chi connectivity index (χ0v) is 14.6. The molecule has 1 aliphatic heterocycles. The molecule has 0 saturated carbocycles. The molecule has 2 N–H and O–H groups in total. The molecule has 2 aromatic rings. The van der Waals surface area contributed by atoms with Crippen LogP contribution in [0.15, 0.2) is 30.7 Å². The zero-order chi connectivity index (χ0) is 17.8. The third-order valence-corrected chi connectivity index (χ3v) is 4.72. The largest absolute Gasteiger partial charge is 0.347 e. The smallest absolute Gasteiger partial charge is 0.286 e. The van der Waals surface area contributed by atoms with Gasteiger partial charge in [0.05, 0.1) is 6.54 Å². The minimum Gasteiger partial charge on any atom is -0.347 e. The Morgan fingerprint density at radius 2 is 1.92 bits per heavy atom. The fraction of sp³-hybridized carbons (Fsp3) is 0.471. The van der Waals surface area contributed by atoms with Crippen molar-refractivity contribution in [1.29, 1.82) is 0 Å². The first-order valence-corrected chi connectivity index (χ1v) is 8.44. The fourth-order valence-corrected chi connectivity index (χ4v) is 3.08. The Morgan fingerprint density at radius 3 is 2.52 bits per heavy atom. The first-order valence-electron chi connectivity index (χ1n) is 8.44. The van der Waals surface area contributed by atoms with E-state index in [1.807, 2.05) is 17.8 Å². The lowest BCUT2D eigenvalue weighted by Crippen LogP contribution is -2.47. The van der Waals surface area contributed by atoms with Crippen molar-refractivity contribution >= 4 is 11.8 Å². The third kappa shape index (κ3) is 4.08. The summed E-state index contributed by atoms with van der Waals surface area (Å²) in [6, 6.07) is 3.49. The standard InChI is InChI=1S/C17H24N6O2/c1-21-8-3-4-14(21)17(25)20-19-16(24)13-5-9-23(10-6-13)12-15-18-7-11-22(15)2/h3-4,7-8,11,13H,5-6,9-10,12H2,1-2H3,(H,19,24)(H,20,25). The van der Waals surface area contributed by atoms with Crippen molar-refractivity contribution in [2.75, 3.05) is 13.1 Å². The molecule has 2 aromatic heterocycles. The number of amides is 2. The van der Waals surface area contributed by atoms with E-state index in [9.17, 15) is 9.59 Å². The average Bonchev–Trinajstić information content (AvgIpc) is 3.22. The molecule has 3 rings (SSSR count). The summed E-state index contributed by atoms with van der Waals surface area (Å²) in [4.78, 5) is 30.9. The van der Waals surface area contributed by atoms with Crippen LogP contribution in [-0.2, 0) is 25.4 Å². The second-order valence-corrected chi connectivity index (χ2v) is 6.45. The molecule has 2 amide bonds. The van der Waals surface area contributed by atoms with Crippen molar-refractivity contribution in [3.63, 3.8) is 0 Å². The molecule has 1 aliphatic rings. The molecule has 0 atom stereocenters. The lowest BCUT2D eigenvalue weighted by atomic mass is 9.96. The SMILES string of the molecule is Cn1cccc1C(=O)NNC(=O)C1CCN(Cc2nccn2C)CC1. The highest BCUT2D eigenvalue weighted by Crippen LogP contribution is 2.18. The zero-order valence-electron chi connectivity index (χ0n) is 14.6. The van der Waals surface area contributed by atoms with Crippen LogP contribution in [0.2, 0.25) is 0 Å². The number of hydrazine groups is 1. The Labute approximate surface area is 146 Å². The van der Waals surface area contributed by atoms with E-state index in [2.05, 4.69) is 20.7 Å². The molecule has 0 aliphatic carbocycles. The summed E-state index contributed by atoms with van der Waals surface area (Å²) in [5.41, 5.74) is 5.55. The van der Waals surface area contributed by atoms with Gasteiger partial charge in [-0.05, 0) is 38.1 Å². The first-order chi connectivity index (χ1) is 12.0. The van der Waals surface area contributed by atoms with Gasteiger partial charge in [0.1, 0.15) is 11.5 Å². The lowest BCUT2D eigenvalue weighted by Gasteiger charge is -2.30. The van der Waals surface area contributed by atoms with Gasteiger partial charge in [-0.1, -0.05) is 0 Å². The molecule has 8 heteroatoms. The van der Waals surface area contributed by atoms with Crippen LogP contribution in [0, 0.1) is 5.92 Å². The summed E-state index contributed by atoms with van der Waals surface area (Å²) in [6.45, 7) is 2.48. The highest BCUT2D eigenvalue weighted by atomic mass is 16.2. The van der Waals surface area contributed by atoms with E-state index >= 15 is 0 Å². The van der Waals surface area contributed by atoms with E-state index in [1.54, 1.807) is 36.1 Å². The molecule has 1 fully saturated rings. The van der Waals surface area contributed by atoms with Crippen LogP contribution >= 0.6 is 0 Å². The van der Waals surface area contributed by atoms with Crippen LogP contribution in [0.5, 0.6) is 0 Å². The third-order valence-electron chi connectivity index (χ3n) is 4.72. The summed E-state index contributed by atoms with van der Waals surface area (Å²) < 4.78 is 3.72. The molecule has 0 unspecified atom stereocenters. The number of hydrogen-bond donors (Lipinski definition) is 2. The van der Waals surface area contributed by atoms with Crippen molar-refractivity contribution in [2.45, 2.75) is 19.4 Å². The van der Waals surface area contributed by atoms with Crippen LogP contribution in [0.4, 0.5) is 0 Å². The molecule has 0 aromatic carbocycles. The molecular formula is C17H24N6O2. The second kappa shape index (κ2) is 7.52. The number of carbonyl (C=O) groups is 2. The number of nitrogens with zero attached hydrogens (tertiary/aromatic N) is 4. The van der Waals surface area contributed by atoms with Gasteiger partial charge in [0, 0.05) is 38.6 Å². The van der Waals surface area contributed by atoms with E-state index in [4.69, 9.17) is 0 Å². The average molecular weight is 344 g/mol. The summed E-state index contributed by atoms with van der Waals surface area (Å²) in [6.07, 6.45) is 7.07. The van der Waals surface area contributed by atoms with Crippen molar-refractivity contribution < 1.29 is 9.59 Å². The Kier molecular flexibility index (Phi) is 5.18. The Bertz CT molecular complexity index is 742. The summed E-state index contributed by atoms with van der Waals surface area (Å²) >= 11 is 0. The second-order valence-electron chi connectivity index (χ2n) is 6.45. The van der Waals surface area contributed by atoms with Gasteiger partial charge >= 0.3 is 0 Å². The quantitative estimate of drug-likeness (QED) is 0.788. The monoisotopic (exact) mass is 344 g/mol. The van der Waals surface area contributed by atoms with Crippen molar-refractivity contribution in [2.24, 2.45) is 20.0 Å². The maximum absolute atomic E-state index is 12.3. The Hall–Kier alpha value is -2.61. The highest BCUT2D eigenvalue weighted by Gasteiger charge is 2.26. The number of likely N-dealkylation sites (tertiary alicyclic amines) is 1. The molecule has 8 nitrogen and oxygen atoms in total. The molecule has 1 saturated heterocycles. The molecule has 134 valence electrons. The highest BCUT2D eigenvalue weighted by molar-refractivity contribution is 5.94. The fourth-order valence-electron chi connectivity index (χ4n) is 3.08. The predicted octanol–water partition coefficient (Wildman–Crippen LogP) is 0.432. The van der Waals surface area contributed by atoms with E-state index in [0.29, 0.717) is 5.69 Å². The first kappa shape index (κ1) is 17.2. The van der Waals surface area contributed by atoms with Gasteiger partial charge in [0.25, 0.3) is 5.91 Å². The Morgan fingerprint density at radius 1 is 1.16 bits per heavy atom. The van der Waals surface area contributed by atoms with E-state index in [1.165, 1.54) is 0 Å². The summed E-state index contributed by atoms with van der Waals surface area (Å²) in [5, 5.41) is 0. The van der Waals surface area contributed by atoms with E-state index < -0.39 is 0 Å². The summed E-state index contributed by atoms with van der Waals surface area (Å²) in [5.74, 6) is 0.510. The molecule has 0 spiro atoms. The predicted molar refractivity (Wildman–Crippen MR) is 92.2 cm³/mol. The molecular weight excluding hydrogens is 320 g/mol. The van der Waals surface area contributed by atoms with Crippen molar-refractivity contribution in [3.8, 4) is 0 Å². The van der Waals surface area contributed by atoms with Crippen LogP contribution in [0.3, 0.4) is 0 Å². The van der Waals surface area contributed by atoms with E-state index in [0.717, 1.165) is 38.3 Å². The topological polar surface area (TPSA) is 84.2 Å². The van der Waals surface area contributed by atoms with Gasteiger partial charge in [-0.3, -0.25) is 25.3 Å². The van der Waals surface area contributed by atoms with Gasteiger partial charge in [0.2, 0.25) is 5.91 Å². The Balaban J connectivity index is 1.43. The molecule has 25 heavy (non-hydrogen) atoms. The number of carbonyl (C=O) groups excluding carboxylic acids is 2. The number of aromatic nitrogens is 3. The minimum atomic E-state index is -0.312. The van der Waals surface area contributed by atoms with Crippen LogP contribution in [0.1, 0.15) is 29.2 Å². The minimum absolute atomic E-state index is 0.0775. The number of hydrogen-bond acceptors (Lipinski definition) is 4. The van der Waals surface area contributed by atoms with Crippen LogP contribution < -0.4 is 10.9 Å². The maximum Gasteiger partial charge on any atom is 0.286 e. The van der Waals surface area contributed by atoms with Gasteiger partial charge in [-0.25, -0.2) is 4.98 Å². The molecule has 0 radical (unpaired) electrons. The van der Waals surface area contributed by atoms with Crippen molar-refractivity contribution in [3.05, 3.63) is 42.2 Å². The lowest BCUT2D eigenvalue weighted by molar-refractivity contribution is -0.127. The number of piperidine rings is 1. The molecule has 3 heterocycles. The number of imidazole rings is 1. The van der Waals surface area contributed by atoms with E-state index in [-0.39, 0.29) is 17.7 Å². The van der Waals surface area contributed by atoms with Gasteiger partial charge in [0.15, 0.2) is 0 Å². The molecule has 0 bridgehead atoms. The van der Waals surface area contributed by atoms with Crippen LogP contribution in [0.25, 0.3) is 0 Å². The normalized spacial score (nSPS) is 15.9. The van der Waals surface area contributed by atoms with Gasteiger partial charge in [-0.2, -0.15) is 0 Å².